The third-order valence-corrected chi connectivity index (χ3v) is 3.78. The predicted molar refractivity (Wildman–Crippen MR) is 95.7 cm³/mol. The van der Waals surface area contributed by atoms with Crippen molar-refractivity contribution in [2.45, 2.75) is 0 Å². The number of aromatic nitrogens is 2. The highest BCUT2D eigenvalue weighted by molar-refractivity contribution is 6.30. The summed E-state index contributed by atoms with van der Waals surface area (Å²) in [7, 11) is 5.50. The summed E-state index contributed by atoms with van der Waals surface area (Å²) < 4.78 is 11.1. The van der Waals surface area contributed by atoms with Crippen LogP contribution in [0, 0.1) is 0 Å². The number of fused-ring (bicyclic) bond motifs is 1. The van der Waals surface area contributed by atoms with E-state index in [0.717, 1.165) is 27.8 Å². The van der Waals surface area contributed by atoms with Crippen molar-refractivity contribution in [2.75, 3.05) is 27.9 Å². The molecule has 124 valence electrons. The summed E-state index contributed by atoms with van der Waals surface area (Å²) in [6, 6.07) is 13.3. The second-order valence-corrected chi connectivity index (χ2v) is 6.06. The first kappa shape index (κ1) is 16.5. The van der Waals surface area contributed by atoms with Gasteiger partial charge in [-0.25, -0.2) is 0 Å². The van der Waals surface area contributed by atoms with E-state index in [-0.39, 0.29) is 0 Å². The molecule has 0 spiro atoms. The molecule has 1 heterocycles. The van der Waals surface area contributed by atoms with Gasteiger partial charge < -0.3 is 9.47 Å². The number of rotatable bonds is 5. The molecular formula is C18H18ClN3O2. The van der Waals surface area contributed by atoms with Gasteiger partial charge in [-0.1, -0.05) is 23.7 Å². The SMILES string of the molecule is COc1ccc2c(OCN(C)C)nnc(-c3ccc(Cl)cc3)c2c1. The van der Waals surface area contributed by atoms with Gasteiger partial charge in [0.25, 0.3) is 0 Å². The van der Waals surface area contributed by atoms with Crippen LogP contribution in [0.5, 0.6) is 11.6 Å². The second-order valence-electron chi connectivity index (χ2n) is 5.63. The van der Waals surface area contributed by atoms with E-state index < -0.39 is 0 Å². The van der Waals surface area contributed by atoms with Gasteiger partial charge in [-0.15, -0.1) is 10.2 Å². The molecule has 0 saturated carbocycles. The van der Waals surface area contributed by atoms with E-state index >= 15 is 0 Å². The molecule has 0 saturated heterocycles. The molecule has 0 N–H and O–H groups in total. The zero-order chi connectivity index (χ0) is 17.1. The molecule has 24 heavy (non-hydrogen) atoms. The van der Waals surface area contributed by atoms with E-state index in [1.54, 1.807) is 7.11 Å². The Bertz CT molecular complexity index is 851. The molecule has 3 aromatic rings. The van der Waals surface area contributed by atoms with Crippen LogP contribution in [0.3, 0.4) is 0 Å². The zero-order valence-corrected chi connectivity index (χ0v) is 14.5. The first-order valence-electron chi connectivity index (χ1n) is 7.46. The van der Waals surface area contributed by atoms with Gasteiger partial charge in [-0.3, -0.25) is 4.90 Å². The van der Waals surface area contributed by atoms with E-state index in [4.69, 9.17) is 21.1 Å². The number of ether oxygens (including phenoxy) is 2. The normalized spacial score (nSPS) is 11.0. The van der Waals surface area contributed by atoms with Crippen LogP contribution in [0.1, 0.15) is 0 Å². The van der Waals surface area contributed by atoms with Crippen molar-refractivity contribution in [3.05, 3.63) is 47.5 Å². The minimum absolute atomic E-state index is 0.427. The first-order valence-corrected chi connectivity index (χ1v) is 7.84. The molecule has 0 amide bonds. The minimum Gasteiger partial charge on any atom is -0.497 e. The average Bonchev–Trinajstić information content (AvgIpc) is 2.60. The second kappa shape index (κ2) is 7.03. The van der Waals surface area contributed by atoms with E-state index in [0.29, 0.717) is 17.6 Å². The summed E-state index contributed by atoms with van der Waals surface area (Å²) in [6.45, 7) is 0.427. The third kappa shape index (κ3) is 3.42. The van der Waals surface area contributed by atoms with E-state index in [2.05, 4.69) is 10.2 Å². The molecule has 5 nitrogen and oxygen atoms in total. The summed E-state index contributed by atoms with van der Waals surface area (Å²) in [5, 5.41) is 11.1. The molecule has 0 bridgehead atoms. The molecule has 0 aliphatic carbocycles. The highest BCUT2D eigenvalue weighted by Crippen LogP contribution is 2.33. The highest BCUT2D eigenvalue weighted by Gasteiger charge is 2.13. The Hall–Kier alpha value is -2.37. The van der Waals surface area contributed by atoms with Gasteiger partial charge in [-0.2, -0.15) is 0 Å². The van der Waals surface area contributed by atoms with E-state index in [1.165, 1.54) is 0 Å². The quantitative estimate of drug-likeness (QED) is 0.658. The van der Waals surface area contributed by atoms with Crippen LogP contribution in [0.4, 0.5) is 0 Å². The Morgan fingerprint density at radius 1 is 1.00 bits per heavy atom. The molecule has 0 fully saturated rings. The van der Waals surface area contributed by atoms with Gasteiger partial charge in [0.2, 0.25) is 5.88 Å². The van der Waals surface area contributed by atoms with Crippen molar-refractivity contribution >= 4 is 22.4 Å². The number of halogens is 1. The van der Waals surface area contributed by atoms with Gasteiger partial charge in [0, 0.05) is 21.4 Å². The predicted octanol–water partition coefficient (Wildman–Crippen LogP) is 3.86. The number of nitrogens with zero attached hydrogens (tertiary/aromatic N) is 3. The summed E-state index contributed by atoms with van der Waals surface area (Å²) in [6.07, 6.45) is 0. The smallest absolute Gasteiger partial charge is 0.242 e. The lowest BCUT2D eigenvalue weighted by Gasteiger charge is -2.14. The fourth-order valence-corrected chi connectivity index (χ4v) is 2.48. The molecule has 2 aromatic carbocycles. The van der Waals surface area contributed by atoms with Crippen molar-refractivity contribution in [3.63, 3.8) is 0 Å². The number of hydrogen-bond acceptors (Lipinski definition) is 5. The largest absolute Gasteiger partial charge is 0.497 e. The van der Waals surface area contributed by atoms with Crippen LogP contribution < -0.4 is 9.47 Å². The molecule has 1 aromatic heterocycles. The molecule has 0 atom stereocenters. The van der Waals surface area contributed by atoms with Crippen molar-refractivity contribution in [3.8, 4) is 22.9 Å². The summed E-state index contributed by atoms with van der Waals surface area (Å²) in [5.41, 5.74) is 1.70. The molecule has 0 radical (unpaired) electrons. The highest BCUT2D eigenvalue weighted by atomic mass is 35.5. The Labute approximate surface area is 145 Å². The van der Waals surface area contributed by atoms with E-state index in [9.17, 15) is 0 Å². The topological polar surface area (TPSA) is 47.5 Å². The number of methoxy groups -OCH3 is 1. The molecule has 0 aliphatic rings. The maximum absolute atomic E-state index is 5.98. The van der Waals surface area contributed by atoms with Crippen LogP contribution in [0.15, 0.2) is 42.5 Å². The van der Waals surface area contributed by atoms with Gasteiger partial charge >= 0.3 is 0 Å². The third-order valence-electron chi connectivity index (χ3n) is 3.53. The van der Waals surface area contributed by atoms with Crippen LogP contribution in [-0.4, -0.2) is 43.0 Å². The Kier molecular flexibility index (Phi) is 4.83. The molecule has 0 aliphatic heterocycles. The van der Waals surface area contributed by atoms with Crippen LogP contribution in [0.25, 0.3) is 22.0 Å². The van der Waals surface area contributed by atoms with Crippen molar-refractivity contribution in [2.24, 2.45) is 0 Å². The lowest BCUT2D eigenvalue weighted by molar-refractivity contribution is 0.174. The maximum atomic E-state index is 5.98. The van der Waals surface area contributed by atoms with Crippen LogP contribution in [0.2, 0.25) is 5.02 Å². The fraction of sp³-hybridized carbons (Fsp3) is 0.222. The van der Waals surface area contributed by atoms with Gasteiger partial charge in [0.15, 0.2) is 0 Å². The molecule has 3 rings (SSSR count). The average molecular weight is 344 g/mol. The molecule has 6 heteroatoms. The summed E-state index contributed by atoms with van der Waals surface area (Å²) >= 11 is 5.98. The minimum atomic E-state index is 0.427. The van der Waals surface area contributed by atoms with Gasteiger partial charge in [0.05, 0.1) is 7.11 Å². The standard InChI is InChI=1S/C18H18ClN3O2/c1-22(2)11-24-18-15-9-8-14(23-3)10-16(15)17(20-21-18)12-4-6-13(19)7-5-12/h4-10H,11H2,1-3H3. The Morgan fingerprint density at radius 3 is 2.42 bits per heavy atom. The Morgan fingerprint density at radius 2 is 1.75 bits per heavy atom. The van der Waals surface area contributed by atoms with Crippen molar-refractivity contribution in [1.29, 1.82) is 0 Å². The Balaban J connectivity index is 2.15. The summed E-state index contributed by atoms with van der Waals surface area (Å²) in [4.78, 5) is 1.92. The monoisotopic (exact) mass is 343 g/mol. The first-order chi connectivity index (χ1) is 11.6. The lowest BCUT2D eigenvalue weighted by atomic mass is 10.0. The number of benzene rings is 2. The van der Waals surface area contributed by atoms with Crippen LogP contribution >= 0.6 is 11.6 Å². The van der Waals surface area contributed by atoms with Crippen molar-refractivity contribution in [1.82, 2.24) is 15.1 Å². The fourth-order valence-electron chi connectivity index (χ4n) is 2.35. The summed E-state index contributed by atoms with van der Waals surface area (Å²) in [5.74, 6) is 1.25. The number of hydrogen-bond donors (Lipinski definition) is 0. The lowest BCUT2D eigenvalue weighted by Crippen LogP contribution is -2.19. The van der Waals surface area contributed by atoms with Gasteiger partial charge in [-0.05, 0) is 44.4 Å². The molecular weight excluding hydrogens is 326 g/mol. The maximum Gasteiger partial charge on any atom is 0.242 e. The zero-order valence-electron chi connectivity index (χ0n) is 13.8. The van der Waals surface area contributed by atoms with E-state index in [1.807, 2.05) is 61.5 Å². The van der Waals surface area contributed by atoms with Crippen LogP contribution in [-0.2, 0) is 0 Å². The molecule has 0 unspecified atom stereocenters. The van der Waals surface area contributed by atoms with Crippen molar-refractivity contribution < 1.29 is 9.47 Å². The van der Waals surface area contributed by atoms with Gasteiger partial charge in [0.1, 0.15) is 18.2 Å².